The quantitative estimate of drug-likeness (QED) is 0.357. The summed E-state index contributed by atoms with van der Waals surface area (Å²) in [6, 6.07) is 3.13. The van der Waals surface area contributed by atoms with Gasteiger partial charge in [-0.3, -0.25) is 4.79 Å². The lowest BCUT2D eigenvalue weighted by Crippen LogP contribution is -2.10. The van der Waals surface area contributed by atoms with E-state index in [4.69, 9.17) is 13.9 Å². The Kier molecular flexibility index (Phi) is 6.78. The van der Waals surface area contributed by atoms with Crippen LogP contribution in [0.5, 0.6) is 11.5 Å². The average molecular weight is 356 g/mol. The number of carbonyl (C=O) groups is 1. The molecule has 0 N–H and O–H groups in total. The molecule has 0 bridgehead atoms. The second-order valence-corrected chi connectivity index (χ2v) is 5.77. The molecule has 0 saturated carbocycles. The van der Waals surface area contributed by atoms with Crippen molar-refractivity contribution >= 4 is 16.8 Å². The fraction of sp³-hybridized carbons (Fsp3) is 0.333. The van der Waals surface area contributed by atoms with Gasteiger partial charge in [-0.15, -0.1) is 0 Å². The highest BCUT2D eigenvalue weighted by Gasteiger charge is 2.23. The van der Waals surface area contributed by atoms with E-state index in [1.807, 2.05) is 6.92 Å². The fourth-order valence-corrected chi connectivity index (χ4v) is 2.80. The standard InChI is InChI=1S/C21H24O5/c1-5-9-14-12-18(23)26-21-19(14)16(24-10-6-2)13-17(25-11-7-3)20(21)15(22)8-4/h6-7,12-13H,2-3,5,8-11H2,1,4H3. The van der Waals surface area contributed by atoms with Gasteiger partial charge in [0.15, 0.2) is 11.4 Å². The highest BCUT2D eigenvalue weighted by molar-refractivity contribution is 6.10. The number of hydrogen-bond acceptors (Lipinski definition) is 5. The van der Waals surface area contributed by atoms with Gasteiger partial charge in [-0.1, -0.05) is 45.6 Å². The minimum Gasteiger partial charge on any atom is -0.489 e. The topological polar surface area (TPSA) is 65.7 Å². The first-order chi connectivity index (χ1) is 12.6. The van der Waals surface area contributed by atoms with Crippen LogP contribution in [-0.2, 0) is 6.42 Å². The molecule has 0 saturated heterocycles. The van der Waals surface area contributed by atoms with Crippen molar-refractivity contribution in [2.24, 2.45) is 0 Å². The highest BCUT2D eigenvalue weighted by atomic mass is 16.5. The van der Waals surface area contributed by atoms with E-state index in [9.17, 15) is 9.59 Å². The maximum absolute atomic E-state index is 12.6. The van der Waals surface area contributed by atoms with Gasteiger partial charge in [0, 0.05) is 18.6 Å². The minimum atomic E-state index is -0.498. The van der Waals surface area contributed by atoms with Crippen LogP contribution in [0.25, 0.3) is 11.0 Å². The molecule has 138 valence electrons. The van der Waals surface area contributed by atoms with Gasteiger partial charge in [-0.2, -0.15) is 0 Å². The Labute approximate surface area is 152 Å². The zero-order valence-electron chi connectivity index (χ0n) is 15.3. The van der Waals surface area contributed by atoms with Gasteiger partial charge >= 0.3 is 5.63 Å². The van der Waals surface area contributed by atoms with E-state index in [1.165, 1.54) is 6.07 Å². The average Bonchev–Trinajstić information content (AvgIpc) is 2.63. The number of Topliss-reactive ketones (excluding diaryl/α,β-unsaturated/α-hetero) is 1. The molecule has 0 aliphatic carbocycles. The van der Waals surface area contributed by atoms with Crippen LogP contribution in [0.1, 0.15) is 42.6 Å². The predicted molar refractivity (Wildman–Crippen MR) is 102 cm³/mol. The normalized spacial score (nSPS) is 10.5. The molecular weight excluding hydrogens is 332 g/mol. The SMILES string of the molecule is C=CCOc1cc(OCC=C)c2c(CCC)cc(=O)oc2c1C(=O)CC. The summed E-state index contributed by atoms with van der Waals surface area (Å²) < 4.78 is 16.9. The lowest BCUT2D eigenvalue weighted by atomic mass is 9.98. The number of fused-ring (bicyclic) bond motifs is 1. The van der Waals surface area contributed by atoms with E-state index in [-0.39, 0.29) is 36.6 Å². The molecule has 0 radical (unpaired) electrons. The summed E-state index contributed by atoms with van der Waals surface area (Å²) in [6.07, 6.45) is 4.97. The van der Waals surface area contributed by atoms with Crippen molar-refractivity contribution in [3.05, 3.63) is 59.0 Å². The van der Waals surface area contributed by atoms with Gasteiger partial charge in [0.1, 0.15) is 30.3 Å². The summed E-state index contributed by atoms with van der Waals surface area (Å²) in [5, 5.41) is 0.635. The highest BCUT2D eigenvalue weighted by Crippen LogP contribution is 2.38. The Morgan fingerprint density at radius 1 is 1.12 bits per heavy atom. The van der Waals surface area contributed by atoms with Gasteiger partial charge in [0.2, 0.25) is 0 Å². The van der Waals surface area contributed by atoms with E-state index in [1.54, 1.807) is 25.1 Å². The first-order valence-electron chi connectivity index (χ1n) is 8.71. The summed E-state index contributed by atoms with van der Waals surface area (Å²) in [5.41, 5.74) is 0.777. The molecule has 0 fully saturated rings. The van der Waals surface area contributed by atoms with Crippen LogP contribution >= 0.6 is 0 Å². The summed E-state index contributed by atoms with van der Waals surface area (Å²) in [5.74, 6) is 0.653. The molecule has 1 aromatic carbocycles. The van der Waals surface area contributed by atoms with Crippen molar-refractivity contribution < 1.29 is 18.7 Å². The van der Waals surface area contributed by atoms with Gasteiger partial charge in [-0.05, 0) is 12.0 Å². The molecule has 26 heavy (non-hydrogen) atoms. The third-order valence-corrected chi connectivity index (χ3v) is 3.86. The number of aryl methyl sites for hydroxylation is 1. The van der Waals surface area contributed by atoms with Gasteiger partial charge in [-0.25, -0.2) is 4.79 Å². The van der Waals surface area contributed by atoms with Crippen molar-refractivity contribution in [2.45, 2.75) is 33.1 Å². The third-order valence-electron chi connectivity index (χ3n) is 3.86. The molecule has 0 unspecified atom stereocenters. The Balaban J connectivity index is 2.90. The zero-order valence-corrected chi connectivity index (χ0v) is 15.3. The second-order valence-electron chi connectivity index (χ2n) is 5.77. The molecule has 0 spiro atoms. The molecule has 1 heterocycles. The molecule has 0 aliphatic rings. The number of rotatable bonds is 10. The first kappa shape index (κ1) is 19.5. The minimum absolute atomic E-state index is 0.166. The number of carbonyl (C=O) groups excluding carboxylic acids is 1. The van der Waals surface area contributed by atoms with Crippen molar-refractivity contribution in [2.75, 3.05) is 13.2 Å². The second kappa shape index (κ2) is 9.04. The summed E-state index contributed by atoms with van der Waals surface area (Å²) in [4.78, 5) is 24.7. The largest absolute Gasteiger partial charge is 0.489 e. The van der Waals surface area contributed by atoms with E-state index >= 15 is 0 Å². The summed E-state index contributed by atoms with van der Waals surface area (Å²) in [6.45, 7) is 11.6. The van der Waals surface area contributed by atoms with Crippen LogP contribution in [0.4, 0.5) is 0 Å². The summed E-state index contributed by atoms with van der Waals surface area (Å²) >= 11 is 0. The molecular formula is C21H24O5. The van der Waals surface area contributed by atoms with Crippen molar-refractivity contribution in [3.63, 3.8) is 0 Å². The molecule has 0 atom stereocenters. The van der Waals surface area contributed by atoms with Gasteiger partial charge in [0.05, 0.1) is 5.39 Å². The van der Waals surface area contributed by atoms with E-state index in [0.29, 0.717) is 23.3 Å². The van der Waals surface area contributed by atoms with Crippen molar-refractivity contribution in [1.82, 2.24) is 0 Å². The lowest BCUT2D eigenvalue weighted by Gasteiger charge is -2.17. The van der Waals surface area contributed by atoms with Gasteiger partial charge in [0.25, 0.3) is 0 Å². The summed E-state index contributed by atoms with van der Waals surface area (Å²) in [7, 11) is 0. The molecule has 0 amide bonds. The number of ketones is 1. The van der Waals surface area contributed by atoms with E-state index in [2.05, 4.69) is 13.2 Å². The molecule has 2 aromatic rings. The number of ether oxygens (including phenoxy) is 2. The molecule has 5 nitrogen and oxygen atoms in total. The van der Waals surface area contributed by atoms with E-state index in [0.717, 1.165) is 12.0 Å². The number of benzene rings is 1. The Hall–Kier alpha value is -2.82. The molecule has 0 aliphatic heterocycles. The first-order valence-corrected chi connectivity index (χ1v) is 8.71. The van der Waals surface area contributed by atoms with Crippen molar-refractivity contribution in [3.8, 4) is 11.5 Å². The smallest absolute Gasteiger partial charge is 0.336 e. The third kappa shape index (κ3) is 4.04. The predicted octanol–water partition coefficient (Wildman–Crippen LogP) is 4.47. The maximum atomic E-state index is 12.6. The maximum Gasteiger partial charge on any atom is 0.336 e. The molecule has 2 rings (SSSR count). The zero-order chi connectivity index (χ0) is 19.1. The molecule has 1 aromatic heterocycles. The van der Waals surface area contributed by atoms with Crippen LogP contribution in [0.2, 0.25) is 0 Å². The van der Waals surface area contributed by atoms with Crippen LogP contribution in [0, 0.1) is 0 Å². The molecule has 5 heteroatoms. The lowest BCUT2D eigenvalue weighted by molar-refractivity contribution is 0.0985. The van der Waals surface area contributed by atoms with Crippen LogP contribution < -0.4 is 15.1 Å². The van der Waals surface area contributed by atoms with Gasteiger partial charge < -0.3 is 13.9 Å². The van der Waals surface area contributed by atoms with Crippen molar-refractivity contribution in [1.29, 1.82) is 0 Å². The van der Waals surface area contributed by atoms with E-state index < -0.39 is 5.63 Å². The Bertz CT molecular complexity index is 876. The Morgan fingerprint density at radius 2 is 1.77 bits per heavy atom. The Morgan fingerprint density at radius 3 is 2.35 bits per heavy atom. The number of hydrogen-bond donors (Lipinski definition) is 0. The fourth-order valence-electron chi connectivity index (χ4n) is 2.80. The van der Waals surface area contributed by atoms with Crippen LogP contribution in [0.15, 0.2) is 46.7 Å². The van der Waals surface area contributed by atoms with Crippen LogP contribution in [0.3, 0.4) is 0 Å². The monoisotopic (exact) mass is 356 g/mol. The van der Waals surface area contributed by atoms with Crippen LogP contribution in [-0.4, -0.2) is 19.0 Å².